The molecule has 0 saturated carbocycles. The van der Waals surface area contributed by atoms with Crippen molar-refractivity contribution in [1.29, 1.82) is 0 Å². The maximum absolute atomic E-state index is 12.7. The van der Waals surface area contributed by atoms with E-state index in [1.165, 1.54) is 19.2 Å². The number of thiazole rings is 1. The van der Waals surface area contributed by atoms with Crippen LogP contribution in [0.15, 0.2) is 40.0 Å². The summed E-state index contributed by atoms with van der Waals surface area (Å²) >= 11 is 13.2. The standard InChI is InChI=1S/C16H14Cl2N2O4S2/c1-3-20-10-5-4-9(8-12(10)25-16(20)21)19-26(22,23)13-7-6-11(24-2)14(17)15(13)18/h4-8,19H,3H2,1-2H3. The van der Waals surface area contributed by atoms with Gasteiger partial charge in [0.1, 0.15) is 15.7 Å². The second-order valence-electron chi connectivity index (χ2n) is 5.29. The third kappa shape index (κ3) is 3.29. The monoisotopic (exact) mass is 432 g/mol. The van der Waals surface area contributed by atoms with Crippen molar-refractivity contribution in [3.05, 3.63) is 50.0 Å². The SMILES string of the molecule is CCn1c(=O)sc2cc(NS(=O)(=O)c3ccc(OC)c(Cl)c3Cl)ccc21. The van der Waals surface area contributed by atoms with Crippen molar-refractivity contribution in [2.45, 2.75) is 18.4 Å². The minimum atomic E-state index is -3.97. The average molecular weight is 433 g/mol. The number of nitrogens with zero attached hydrogens (tertiary/aromatic N) is 1. The van der Waals surface area contributed by atoms with Crippen LogP contribution in [0, 0.1) is 0 Å². The highest BCUT2D eigenvalue weighted by Gasteiger charge is 2.22. The third-order valence-corrected chi connectivity index (χ3v) is 7.10. The number of aromatic nitrogens is 1. The maximum Gasteiger partial charge on any atom is 0.308 e. The summed E-state index contributed by atoms with van der Waals surface area (Å²) in [4.78, 5) is 11.7. The lowest BCUT2D eigenvalue weighted by molar-refractivity contribution is 0.414. The molecule has 2 aromatic carbocycles. The predicted octanol–water partition coefficient (Wildman–Crippen LogP) is 4.20. The molecular weight excluding hydrogens is 419 g/mol. The van der Waals surface area contributed by atoms with Gasteiger partial charge in [0.25, 0.3) is 10.0 Å². The van der Waals surface area contributed by atoms with Crippen molar-refractivity contribution in [2.75, 3.05) is 11.8 Å². The molecule has 3 aromatic rings. The average Bonchev–Trinajstić information content (AvgIpc) is 2.90. The topological polar surface area (TPSA) is 77.4 Å². The van der Waals surface area contributed by atoms with E-state index in [0.29, 0.717) is 16.9 Å². The fourth-order valence-corrected chi connectivity index (χ4v) is 5.40. The molecule has 1 N–H and O–H groups in total. The van der Waals surface area contributed by atoms with Gasteiger partial charge in [-0.2, -0.15) is 0 Å². The number of hydrogen-bond acceptors (Lipinski definition) is 5. The third-order valence-electron chi connectivity index (χ3n) is 3.76. The first-order valence-electron chi connectivity index (χ1n) is 7.46. The summed E-state index contributed by atoms with van der Waals surface area (Å²) in [6.07, 6.45) is 0. The number of fused-ring (bicyclic) bond motifs is 1. The fraction of sp³-hybridized carbons (Fsp3) is 0.188. The van der Waals surface area contributed by atoms with Crippen molar-refractivity contribution >= 4 is 60.5 Å². The van der Waals surface area contributed by atoms with Crippen LogP contribution >= 0.6 is 34.5 Å². The first kappa shape index (κ1) is 19.0. The molecule has 0 radical (unpaired) electrons. The zero-order valence-electron chi connectivity index (χ0n) is 13.7. The molecule has 0 spiro atoms. The van der Waals surface area contributed by atoms with Gasteiger partial charge in [-0.15, -0.1) is 0 Å². The molecule has 0 bridgehead atoms. The van der Waals surface area contributed by atoms with Gasteiger partial charge in [0, 0.05) is 6.54 Å². The summed E-state index contributed by atoms with van der Waals surface area (Å²) in [5.41, 5.74) is 1.08. The van der Waals surface area contributed by atoms with Crippen LogP contribution in [0.5, 0.6) is 5.75 Å². The van der Waals surface area contributed by atoms with Gasteiger partial charge in [-0.1, -0.05) is 34.5 Å². The Morgan fingerprint density at radius 3 is 2.58 bits per heavy atom. The highest BCUT2D eigenvalue weighted by Crippen LogP contribution is 2.37. The molecule has 1 aromatic heterocycles. The predicted molar refractivity (Wildman–Crippen MR) is 106 cm³/mol. The molecule has 138 valence electrons. The normalized spacial score (nSPS) is 11.7. The molecule has 0 saturated heterocycles. The number of methoxy groups -OCH3 is 1. The first-order chi connectivity index (χ1) is 12.3. The highest BCUT2D eigenvalue weighted by molar-refractivity contribution is 7.92. The number of nitrogens with one attached hydrogen (secondary N) is 1. The Hall–Kier alpha value is -1.74. The van der Waals surface area contributed by atoms with Crippen LogP contribution in [0.4, 0.5) is 5.69 Å². The number of rotatable bonds is 5. The zero-order chi connectivity index (χ0) is 19.1. The van der Waals surface area contributed by atoms with Gasteiger partial charge in [-0.3, -0.25) is 14.1 Å². The molecule has 26 heavy (non-hydrogen) atoms. The highest BCUT2D eigenvalue weighted by atomic mass is 35.5. The second kappa shape index (κ2) is 7.11. The number of ether oxygens (including phenoxy) is 1. The lowest BCUT2D eigenvalue weighted by Gasteiger charge is -2.12. The lowest BCUT2D eigenvalue weighted by Crippen LogP contribution is -2.14. The van der Waals surface area contributed by atoms with Crippen molar-refractivity contribution in [3.63, 3.8) is 0 Å². The van der Waals surface area contributed by atoms with Crippen molar-refractivity contribution in [2.24, 2.45) is 0 Å². The first-order valence-corrected chi connectivity index (χ1v) is 10.5. The Kier molecular flexibility index (Phi) is 5.21. The molecule has 10 heteroatoms. The molecule has 0 fully saturated rings. The maximum atomic E-state index is 12.7. The molecule has 0 aliphatic carbocycles. The fourth-order valence-electron chi connectivity index (χ4n) is 2.52. The number of hydrogen-bond donors (Lipinski definition) is 1. The van der Waals surface area contributed by atoms with Crippen LogP contribution in [0.2, 0.25) is 10.0 Å². The van der Waals surface area contributed by atoms with Crippen LogP contribution in [-0.4, -0.2) is 20.1 Å². The summed E-state index contributed by atoms with van der Waals surface area (Å²) in [5.74, 6) is 0.280. The summed E-state index contributed by atoms with van der Waals surface area (Å²) in [5, 5.41) is -0.105. The molecule has 6 nitrogen and oxygen atoms in total. The van der Waals surface area contributed by atoms with Gasteiger partial charge in [0.15, 0.2) is 0 Å². The van der Waals surface area contributed by atoms with E-state index in [1.54, 1.807) is 22.8 Å². The molecule has 1 heterocycles. The Bertz CT molecular complexity index is 1150. The quantitative estimate of drug-likeness (QED) is 0.654. The second-order valence-corrected chi connectivity index (χ2v) is 8.69. The lowest BCUT2D eigenvalue weighted by atomic mass is 10.3. The van der Waals surface area contributed by atoms with E-state index in [-0.39, 0.29) is 25.6 Å². The Morgan fingerprint density at radius 2 is 1.92 bits per heavy atom. The van der Waals surface area contributed by atoms with Gasteiger partial charge in [-0.05, 0) is 37.3 Å². The van der Waals surface area contributed by atoms with Crippen molar-refractivity contribution in [3.8, 4) is 5.75 Å². The number of halogens is 2. The number of aryl methyl sites for hydroxylation is 1. The Labute approximate surface area is 164 Å². The van der Waals surface area contributed by atoms with E-state index in [2.05, 4.69) is 4.72 Å². The number of benzene rings is 2. The molecule has 0 unspecified atom stereocenters. The summed E-state index contributed by atoms with van der Waals surface area (Å²) in [6, 6.07) is 7.66. The van der Waals surface area contributed by atoms with E-state index in [0.717, 1.165) is 16.9 Å². The Balaban J connectivity index is 2.01. The van der Waals surface area contributed by atoms with E-state index in [1.807, 2.05) is 6.92 Å². The Morgan fingerprint density at radius 1 is 1.19 bits per heavy atom. The van der Waals surface area contributed by atoms with Crippen molar-refractivity contribution < 1.29 is 13.2 Å². The zero-order valence-corrected chi connectivity index (χ0v) is 16.9. The smallest absolute Gasteiger partial charge is 0.308 e. The van der Waals surface area contributed by atoms with Crippen LogP contribution in [-0.2, 0) is 16.6 Å². The number of anilines is 1. The van der Waals surface area contributed by atoms with E-state index in [4.69, 9.17) is 27.9 Å². The minimum Gasteiger partial charge on any atom is -0.495 e. The minimum absolute atomic E-state index is 0.0192. The van der Waals surface area contributed by atoms with Crippen LogP contribution in [0.3, 0.4) is 0 Å². The van der Waals surface area contributed by atoms with Gasteiger partial charge in [-0.25, -0.2) is 8.42 Å². The molecule has 0 amide bonds. The molecule has 0 aliphatic rings. The summed E-state index contributed by atoms with van der Waals surface area (Å²) < 4.78 is 35.2. The molecule has 3 rings (SSSR count). The number of sulfonamides is 1. The molecule has 0 atom stereocenters. The summed E-state index contributed by atoms with van der Waals surface area (Å²) in [6.45, 7) is 2.42. The van der Waals surface area contributed by atoms with E-state index >= 15 is 0 Å². The molecular formula is C16H14Cl2N2O4S2. The van der Waals surface area contributed by atoms with Gasteiger partial charge < -0.3 is 4.74 Å². The largest absolute Gasteiger partial charge is 0.495 e. The van der Waals surface area contributed by atoms with E-state index in [9.17, 15) is 13.2 Å². The van der Waals surface area contributed by atoms with E-state index < -0.39 is 10.0 Å². The van der Waals surface area contributed by atoms with Gasteiger partial charge in [0.2, 0.25) is 0 Å². The van der Waals surface area contributed by atoms with Gasteiger partial charge in [0.05, 0.1) is 28.0 Å². The van der Waals surface area contributed by atoms with Crippen LogP contribution in [0.25, 0.3) is 10.2 Å². The van der Waals surface area contributed by atoms with Crippen LogP contribution in [0.1, 0.15) is 6.92 Å². The van der Waals surface area contributed by atoms with Crippen molar-refractivity contribution in [1.82, 2.24) is 4.57 Å². The van der Waals surface area contributed by atoms with Crippen LogP contribution < -0.4 is 14.3 Å². The van der Waals surface area contributed by atoms with Gasteiger partial charge >= 0.3 is 4.87 Å². The summed E-state index contributed by atoms with van der Waals surface area (Å²) in [7, 11) is -2.56. The molecule has 0 aliphatic heterocycles.